The van der Waals surface area contributed by atoms with E-state index in [2.05, 4.69) is 38.2 Å². The molecule has 0 spiro atoms. The molecule has 0 unspecified atom stereocenters. The molecule has 4 aromatic rings. The first-order valence-corrected chi connectivity index (χ1v) is 14.6. The van der Waals surface area contributed by atoms with Crippen LogP contribution in [0.15, 0.2) is 65.7 Å². The van der Waals surface area contributed by atoms with Crippen LogP contribution in [-0.2, 0) is 33.0 Å². The SMILES string of the molecule is C=C(Cl)C(=O)Nc1cc(C(=O)Nc2cc(C(=O)Nc3cc(C(=O)Nc4cc(C(=O)NCCN=C(N)N)n(C)c4)n(C)c3)n(C)c2)n(C)c1.Cl. The second kappa shape index (κ2) is 15.8. The standard InChI is InChI=1S/C30H35ClN12O5.ClH/c1-16(31)25(44)36-17-9-22(41(3)12-17)27(46)38-19-11-24(43(5)14-19)29(48)39-20-10-23(42(4)15-20)28(47)37-18-8-21(40(2)13-18)26(45)34-6-7-35-30(32)33;/h8-15H,1,6-7H2,2-5H3,(H,34,45)(H,36,44)(H,37,47)(H,38,46)(H,39,48)(H4,32,33,35);1H. The Kier molecular flexibility index (Phi) is 12.1. The van der Waals surface area contributed by atoms with Gasteiger partial charge in [0.1, 0.15) is 22.8 Å². The normalized spacial score (nSPS) is 10.4. The van der Waals surface area contributed by atoms with Crippen LogP contribution in [0.5, 0.6) is 0 Å². The van der Waals surface area contributed by atoms with Crippen molar-refractivity contribution in [1.82, 2.24) is 23.6 Å². The highest BCUT2D eigenvalue weighted by molar-refractivity contribution is 6.43. The monoisotopic (exact) mass is 714 g/mol. The van der Waals surface area contributed by atoms with E-state index < -0.39 is 23.6 Å². The van der Waals surface area contributed by atoms with E-state index in [9.17, 15) is 24.0 Å². The molecular formula is C30H36Cl2N12O5. The Hall–Kier alpha value is -5.94. The summed E-state index contributed by atoms with van der Waals surface area (Å²) in [5, 5.41) is 13.3. The molecule has 0 saturated heterocycles. The van der Waals surface area contributed by atoms with Crippen LogP contribution in [0.2, 0.25) is 0 Å². The smallest absolute Gasteiger partial charge is 0.272 e. The van der Waals surface area contributed by atoms with Gasteiger partial charge in [-0.1, -0.05) is 18.2 Å². The largest absolute Gasteiger partial charge is 0.370 e. The molecule has 19 heteroatoms. The lowest BCUT2D eigenvalue weighted by atomic mass is 10.3. The zero-order chi connectivity index (χ0) is 35.3. The number of hydrogen-bond acceptors (Lipinski definition) is 6. The number of nitrogens with zero attached hydrogens (tertiary/aromatic N) is 5. The number of rotatable bonds is 12. The van der Waals surface area contributed by atoms with E-state index >= 15 is 0 Å². The fraction of sp³-hybridized carbons (Fsp3) is 0.200. The molecular weight excluding hydrogens is 679 g/mol. The van der Waals surface area contributed by atoms with E-state index in [4.69, 9.17) is 23.1 Å². The van der Waals surface area contributed by atoms with Crippen molar-refractivity contribution in [2.45, 2.75) is 0 Å². The summed E-state index contributed by atoms with van der Waals surface area (Å²) in [5.41, 5.74) is 13.0. The number of nitrogens with two attached hydrogens (primary N) is 2. The first-order chi connectivity index (χ1) is 22.6. The average Bonchev–Trinajstić information content (AvgIpc) is 3.76. The maximum atomic E-state index is 13.2. The van der Waals surface area contributed by atoms with Crippen molar-refractivity contribution in [2.75, 3.05) is 34.4 Å². The third-order valence-electron chi connectivity index (χ3n) is 6.92. The summed E-state index contributed by atoms with van der Waals surface area (Å²) in [6.45, 7) is 3.81. The van der Waals surface area contributed by atoms with Gasteiger partial charge in [0.2, 0.25) is 0 Å². The molecule has 260 valence electrons. The second-order valence-electron chi connectivity index (χ2n) is 10.7. The predicted molar refractivity (Wildman–Crippen MR) is 189 cm³/mol. The number of hydrogen-bond donors (Lipinski definition) is 7. The third-order valence-corrected chi connectivity index (χ3v) is 7.09. The second-order valence-corrected chi connectivity index (χ2v) is 11.1. The fourth-order valence-corrected chi connectivity index (χ4v) is 4.71. The molecule has 4 heterocycles. The van der Waals surface area contributed by atoms with Gasteiger partial charge >= 0.3 is 0 Å². The van der Waals surface area contributed by atoms with E-state index in [0.717, 1.165) is 0 Å². The number of aromatic nitrogens is 4. The van der Waals surface area contributed by atoms with Crippen molar-refractivity contribution in [1.29, 1.82) is 0 Å². The number of carbonyl (C=O) groups is 5. The van der Waals surface area contributed by atoms with E-state index in [1.54, 1.807) is 62.1 Å². The van der Waals surface area contributed by atoms with Gasteiger partial charge in [-0.05, 0) is 24.3 Å². The molecule has 0 fully saturated rings. The van der Waals surface area contributed by atoms with Crippen LogP contribution in [-0.4, -0.2) is 66.9 Å². The topological polar surface area (TPSA) is 230 Å². The molecule has 4 rings (SSSR count). The van der Waals surface area contributed by atoms with Gasteiger partial charge in [0, 0.05) is 59.5 Å². The van der Waals surface area contributed by atoms with Crippen molar-refractivity contribution in [2.24, 2.45) is 44.7 Å². The van der Waals surface area contributed by atoms with Crippen LogP contribution in [0.1, 0.15) is 42.0 Å². The first kappa shape index (κ1) is 37.5. The van der Waals surface area contributed by atoms with Crippen LogP contribution < -0.4 is 38.1 Å². The summed E-state index contributed by atoms with van der Waals surface area (Å²) in [4.78, 5) is 67.3. The Morgan fingerprint density at radius 2 is 0.980 bits per heavy atom. The quantitative estimate of drug-likeness (QED) is 0.0498. The Morgan fingerprint density at radius 1 is 0.653 bits per heavy atom. The number of aryl methyl sites for hydroxylation is 4. The number of aliphatic imine (C=N–C) groups is 1. The minimum atomic E-state index is -0.594. The molecule has 0 aliphatic rings. The number of carbonyl (C=O) groups excluding carboxylic acids is 5. The molecule has 9 N–H and O–H groups in total. The van der Waals surface area contributed by atoms with E-state index in [-0.39, 0.29) is 59.5 Å². The van der Waals surface area contributed by atoms with Gasteiger partial charge < -0.3 is 56.3 Å². The lowest BCUT2D eigenvalue weighted by Gasteiger charge is -2.04. The number of guanidine groups is 1. The maximum absolute atomic E-state index is 13.2. The van der Waals surface area contributed by atoms with Crippen LogP contribution in [0.3, 0.4) is 0 Å². The molecule has 17 nitrogen and oxygen atoms in total. The van der Waals surface area contributed by atoms with Crippen LogP contribution >= 0.6 is 24.0 Å². The van der Waals surface area contributed by atoms with Crippen LogP contribution in [0, 0.1) is 0 Å². The van der Waals surface area contributed by atoms with Crippen molar-refractivity contribution >= 4 is 82.3 Å². The molecule has 0 aliphatic heterocycles. The fourth-order valence-electron chi connectivity index (χ4n) is 4.66. The minimum Gasteiger partial charge on any atom is -0.370 e. The van der Waals surface area contributed by atoms with Crippen LogP contribution in [0.4, 0.5) is 22.7 Å². The van der Waals surface area contributed by atoms with Gasteiger partial charge in [-0.3, -0.25) is 29.0 Å². The predicted octanol–water partition coefficient (Wildman–Crippen LogP) is 1.91. The molecule has 0 aromatic carbocycles. The van der Waals surface area contributed by atoms with Gasteiger partial charge in [-0.2, -0.15) is 0 Å². The summed E-state index contributed by atoms with van der Waals surface area (Å²) in [6.07, 6.45) is 6.28. The van der Waals surface area contributed by atoms with E-state index in [1.807, 2.05) is 0 Å². The van der Waals surface area contributed by atoms with Crippen molar-refractivity contribution in [3.63, 3.8) is 0 Å². The highest BCUT2D eigenvalue weighted by Gasteiger charge is 2.20. The molecule has 0 atom stereocenters. The van der Waals surface area contributed by atoms with Gasteiger partial charge in [0.15, 0.2) is 5.96 Å². The summed E-state index contributed by atoms with van der Waals surface area (Å²) >= 11 is 5.61. The van der Waals surface area contributed by atoms with E-state index in [0.29, 0.717) is 28.4 Å². The number of halogens is 2. The molecule has 5 amide bonds. The molecule has 4 aromatic heterocycles. The van der Waals surface area contributed by atoms with Crippen LogP contribution in [0.25, 0.3) is 0 Å². The Balaban J connectivity index is 0.00000650. The van der Waals surface area contributed by atoms with Gasteiger partial charge in [0.25, 0.3) is 29.5 Å². The zero-order valence-corrected chi connectivity index (χ0v) is 28.5. The van der Waals surface area contributed by atoms with Gasteiger partial charge in [0.05, 0.1) is 34.3 Å². The van der Waals surface area contributed by atoms with Crippen molar-refractivity contribution in [3.05, 3.63) is 83.4 Å². The maximum Gasteiger partial charge on any atom is 0.272 e. The molecule has 0 saturated carbocycles. The van der Waals surface area contributed by atoms with Gasteiger partial charge in [-0.25, -0.2) is 0 Å². The lowest BCUT2D eigenvalue weighted by molar-refractivity contribution is -0.112. The third kappa shape index (κ3) is 9.33. The number of nitrogens with one attached hydrogen (secondary N) is 5. The Bertz CT molecular complexity index is 1960. The van der Waals surface area contributed by atoms with E-state index in [1.165, 1.54) is 33.4 Å². The molecule has 0 aliphatic carbocycles. The van der Waals surface area contributed by atoms with Gasteiger partial charge in [-0.15, -0.1) is 12.4 Å². The molecule has 0 radical (unpaired) electrons. The summed E-state index contributed by atoms with van der Waals surface area (Å²) in [6, 6.07) is 6.00. The van der Waals surface area contributed by atoms with Crippen molar-refractivity contribution in [3.8, 4) is 0 Å². The molecule has 49 heavy (non-hydrogen) atoms. The lowest BCUT2D eigenvalue weighted by Crippen LogP contribution is -2.29. The highest BCUT2D eigenvalue weighted by atomic mass is 35.5. The summed E-state index contributed by atoms with van der Waals surface area (Å²) < 4.78 is 6.17. The Labute approximate surface area is 291 Å². The van der Waals surface area contributed by atoms with Crippen molar-refractivity contribution < 1.29 is 24.0 Å². The zero-order valence-electron chi connectivity index (χ0n) is 27.0. The number of amides is 5. The number of anilines is 4. The summed E-state index contributed by atoms with van der Waals surface area (Å²) in [7, 11) is 6.59. The Morgan fingerprint density at radius 3 is 1.31 bits per heavy atom. The molecule has 0 bridgehead atoms. The highest BCUT2D eigenvalue weighted by Crippen LogP contribution is 2.21. The average molecular weight is 716 g/mol. The summed E-state index contributed by atoms with van der Waals surface area (Å²) in [5.74, 6) is -2.47. The minimum absolute atomic E-state index is 0. The first-order valence-electron chi connectivity index (χ1n) is 14.2.